The molecule has 3 N–H and O–H groups in total. The zero-order chi connectivity index (χ0) is 14.6. The predicted molar refractivity (Wildman–Crippen MR) is 89.4 cm³/mol. The molecule has 1 aromatic rings. The van der Waals surface area contributed by atoms with E-state index >= 15 is 0 Å². The molecule has 1 fully saturated rings. The van der Waals surface area contributed by atoms with Crippen LogP contribution >= 0.6 is 12.4 Å². The summed E-state index contributed by atoms with van der Waals surface area (Å²) in [7, 11) is 0. The lowest BCUT2D eigenvalue weighted by Crippen LogP contribution is -2.52. The van der Waals surface area contributed by atoms with Crippen molar-refractivity contribution < 1.29 is 4.79 Å². The highest BCUT2D eigenvalue weighted by atomic mass is 35.5. The Bertz CT molecular complexity index is 439. The van der Waals surface area contributed by atoms with Crippen molar-refractivity contribution in [3.05, 3.63) is 35.9 Å². The SMILES string of the molecule is CCC1CCC(NC(=O)C(C)(N)c2ccccc2)CC1.Cl. The molecule has 0 heterocycles. The molecule has 1 aliphatic rings. The molecule has 1 amide bonds. The zero-order valence-corrected chi connectivity index (χ0v) is 13.8. The van der Waals surface area contributed by atoms with E-state index in [0.717, 1.165) is 24.3 Å². The van der Waals surface area contributed by atoms with Crippen LogP contribution in [0.5, 0.6) is 0 Å². The Labute approximate surface area is 134 Å². The minimum atomic E-state index is -0.955. The van der Waals surface area contributed by atoms with Crippen LogP contribution in [0.15, 0.2) is 30.3 Å². The molecule has 118 valence electrons. The summed E-state index contributed by atoms with van der Waals surface area (Å²) in [6.07, 6.45) is 5.84. The summed E-state index contributed by atoms with van der Waals surface area (Å²) in [5.41, 5.74) is 6.15. The molecule has 0 spiro atoms. The number of benzene rings is 1. The van der Waals surface area contributed by atoms with Crippen molar-refractivity contribution in [2.75, 3.05) is 0 Å². The molecule has 0 aromatic heterocycles. The summed E-state index contributed by atoms with van der Waals surface area (Å²) >= 11 is 0. The first kappa shape index (κ1) is 18.0. The summed E-state index contributed by atoms with van der Waals surface area (Å²) in [5, 5.41) is 3.14. The van der Waals surface area contributed by atoms with Crippen molar-refractivity contribution in [2.45, 2.75) is 57.5 Å². The third-order valence-electron chi connectivity index (χ3n) is 4.60. The second-order valence-corrected chi connectivity index (χ2v) is 6.17. The van der Waals surface area contributed by atoms with Crippen molar-refractivity contribution in [1.29, 1.82) is 0 Å². The van der Waals surface area contributed by atoms with Crippen molar-refractivity contribution in [3.63, 3.8) is 0 Å². The first-order chi connectivity index (χ1) is 9.54. The Kier molecular flexibility index (Phi) is 6.69. The summed E-state index contributed by atoms with van der Waals surface area (Å²) in [5.74, 6) is 0.769. The van der Waals surface area contributed by atoms with Gasteiger partial charge in [-0.05, 0) is 44.1 Å². The van der Waals surface area contributed by atoms with Crippen LogP contribution in [0, 0.1) is 5.92 Å². The summed E-state index contributed by atoms with van der Waals surface area (Å²) in [6, 6.07) is 9.88. The summed E-state index contributed by atoms with van der Waals surface area (Å²) in [4.78, 5) is 12.4. The van der Waals surface area contributed by atoms with Crippen LogP contribution in [0.25, 0.3) is 0 Å². The Hall–Kier alpha value is -1.06. The molecule has 1 saturated carbocycles. The first-order valence-corrected chi connectivity index (χ1v) is 7.69. The number of nitrogens with one attached hydrogen (secondary N) is 1. The highest BCUT2D eigenvalue weighted by Crippen LogP contribution is 2.27. The molecule has 1 aromatic carbocycles. The molecule has 21 heavy (non-hydrogen) atoms. The monoisotopic (exact) mass is 310 g/mol. The molecular formula is C17H27ClN2O. The quantitative estimate of drug-likeness (QED) is 0.896. The van der Waals surface area contributed by atoms with E-state index in [1.165, 1.54) is 19.3 Å². The number of carbonyl (C=O) groups excluding carboxylic acids is 1. The van der Waals surface area contributed by atoms with Crippen molar-refractivity contribution in [1.82, 2.24) is 5.32 Å². The maximum Gasteiger partial charge on any atom is 0.244 e. The first-order valence-electron chi connectivity index (χ1n) is 7.69. The minimum absolute atomic E-state index is 0. The van der Waals surface area contributed by atoms with Crippen LogP contribution in [0.1, 0.15) is 51.5 Å². The maximum absolute atomic E-state index is 12.4. The van der Waals surface area contributed by atoms with Gasteiger partial charge in [-0.2, -0.15) is 0 Å². The molecule has 1 unspecified atom stereocenters. The Balaban J connectivity index is 0.00000220. The second-order valence-electron chi connectivity index (χ2n) is 6.17. The van der Waals surface area contributed by atoms with E-state index in [1.807, 2.05) is 30.3 Å². The summed E-state index contributed by atoms with van der Waals surface area (Å²) < 4.78 is 0. The zero-order valence-electron chi connectivity index (χ0n) is 13.0. The molecule has 1 atom stereocenters. The minimum Gasteiger partial charge on any atom is -0.351 e. The third-order valence-corrected chi connectivity index (χ3v) is 4.60. The van der Waals surface area contributed by atoms with Gasteiger partial charge in [-0.1, -0.05) is 43.7 Å². The number of carbonyl (C=O) groups is 1. The number of amides is 1. The number of rotatable bonds is 4. The fourth-order valence-electron chi connectivity index (χ4n) is 2.97. The molecule has 0 saturated heterocycles. The molecule has 1 aliphatic carbocycles. The van der Waals surface area contributed by atoms with Gasteiger partial charge >= 0.3 is 0 Å². The van der Waals surface area contributed by atoms with Gasteiger partial charge in [0.15, 0.2) is 0 Å². The summed E-state index contributed by atoms with van der Waals surface area (Å²) in [6.45, 7) is 4.03. The maximum atomic E-state index is 12.4. The highest BCUT2D eigenvalue weighted by Gasteiger charge is 2.32. The van der Waals surface area contributed by atoms with Gasteiger partial charge in [0.2, 0.25) is 5.91 Å². The van der Waals surface area contributed by atoms with Gasteiger partial charge in [0.05, 0.1) is 0 Å². The number of nitrogens with two attached hydrogens (primary N) is 1. The number of hydrogen-bond acceptors (Lipinski definition) is 2. The van der Waals surface area contributed by atoms with E-state index in [2.05, 4.69) is 12.2 Å². The third kappa shape index (κ3) is 4.45. The van der Waals surface area contributed by atoms with Gasteiger partial charge in [0.25, 0.3) is 0 Å². The normalized spacial score (nSPS) is 24.5. The molecule has 4 heteroatoms. The van der Waals surface area contributed by atoms with E-state index in [0.29, 0.717) is 0 Å². The van der Waals surface area contributed by atoms with Gasteiger partial charge in [0, 0.05) is 6.04 Å². The van der Waals surface area contributed by atoms with Crippen LogP contribution in [0.2, 0.25) is 0 Å². The molecule has 0 radical (unpaired) electrons. The Morgan fingerprint density at radius 1 is 1.24 bits per heavy atom. The van der Waals surface area contributed by atoms with E-state index in [-0.39, 0.29) is 24.4 Å². The lowest BCUT2D eigenvalue weighted by Gasteiger charge is -2.32. The molecule has 2 rings (SSSR count). The Morgan fingerprint density at radius 2 is 1.81 bits per heavy atom. The van der Waals surface area contributed by atoms with Gasteiger partial charge < -0.3 is 11.1 Å². The van der Waals surface area contributed by atoms with Crippen LogP contribution in [-0.4, -0.2) is 11.9 Å². The number of hydrogen-bond donors (Lipinski definition) is 2. The van der Waals surface area contributed by atoms with Crippen molar-refractivity contribution in [2.24, 2.45) is 11.7 Å². The second kappa shape index (κ2) is 7.81. The van der Waals surface area contributed by atoms with Gasteiger partial charge in [0.1, 0.15) is 5.54 Å². The average Bonchev–Trinajstić information content (AvgIpc) is 2.49. The fourth-order valence-corrected chi connectivity index (χ4v) is 2.97. The van der Waals surface area contributed by atoms with Crippen molar-refractivity contribution >= 4 is 18.3 Å². The number of halogens is 1. The smallest absolute Gasteiger partial charge is 0.244 e. The Morgan fingerprint density at radius 3 is 2.33 bits per heavy atom. The van der Waals surface area contributed by atoms with Crippen LogP contribution in [0.4, 0.5) is 0 Å². The van der Waals surface area contributed by atoms with Gasteiger partial charge in [-0.25, -0.2) is 0 Å². The highest BCUT2D eigenvalue weighted by molar-refractivity contribution is 5.87. The van der Waals surface area contributed by atoms with Crippen LogP contribution in [0.3, 0.4) is 0 Å². The molecule has 0 aliphatic heterocycles. The molecular weight excluding hydrogens is 284 g/mol. The van der Waals surface area contributed by atoms with E-state index in [1.54, 1.807) is 6.92 Å². The predicted octanol–water partition coefficient (Wildman–Crippen LogP) is 3.37. The van der Waals surface area contributed by atoms with Gasteiger partial charge in [-0.3, -0.25) is 4.79 Å². The molecule has 3 nitrogen and oxygen atoms in total. The van der Waals surface area contributed by atoms with Crippen LogP contribution in [-0.2, 0) is 10.3 Å². The molecule has 0 bridgehead atoms. The topological polar surface area (TPSA) is 55.1 Å². The largest absolute Gasteiger partial charge is 0.351 e. The van der Waals surface area contributed by atoms with E-state index < -0.39 is 5.54 Å². The standard InChI is InChI=1S/C17H26N2O.ClH/c1-3-13-9-11-15(12-10-13)19-16(20)17(2,18)14-7-5-4-6-8-14;/h4-8,13,15H,3,9-12,18H2,1-2H3,(H,19,20);1H. The van der Waals surface area contributed by atoms with E-state index in [4.69, 9.17) is 5.73 Å². The lowest BCUT2D eigenvalue weighted by atomic mass is 9.84. The van der Waals surface area contributed by atoms with Gasteiger partial charge in [-0.15, -0.1) is 12.4 Å². The van der Waals surface area contributed by atoms with Crippen molar-refractivity contribution in [3.8, 4) is 0 Å². The lowest BCUT2D eigenvalue weighted by molar-refractivity contribution is -0.127. The van der Waals surface area contributed by atoms with Crippen LogP contribution < -0.4 is 11.1 Å². The fraction of sp³-hybridized carbons (Fsp3) is 0.588. The van der Waals surface area contributed by atoms with E-state index in [9.17, 15) is 4.79 Å². The average molecular weight is 311 g/mol.